The molecule has 0 aliphatic carbocycles. The van der Waals surface area contributed by atoms with Crippen LogP contribution in [0.25, 0.3) is 0 Å². The van der Waals surface area contributed by atoms with Gasteiger partial charge in [0.05, 0.1) is 13.7 Å². The molecule has 0 bridgehead atoms. The summed E-state index contributed by atoms with van der Waals surface area (Å²) < 4.78 is 5.26. The molecule has 1 aromatic carbocycles. The van der Waals surface area contributed by atoms with Crippen molar-refractivity contribution in [2.24, 2.45) is 0 Å². The maximum Gasteiger partial charge on any atom is 0.143 e. The van der Waals surface area contributed by atoms with E-state index in [9.17, 15) is 4.79 Å². The molecule has 3 nitrogen and oxygen atoms in total. The second-order valence-corrected chi connectivity index (χ2v) is 3.81. The van der Waals surface area contributed by atoms with Crippen molar-refractivity contribution in [3.63, 3.8) is 0 Å². The lowest BCUT2D eigenvalue weighted by molar-refractivity contribution is -0.116. The summed E-state index contributed by atoms with van der Waals surface area (Å²) in [5.74, 6) is 1.09. The molecule has 0 aliphatic heterocycles. The minimum atomic E-state index is 0.157. The summed E-state index contributed by atoms with van der Waals surface area (Å²) in [5, 5.41) is 3.10. The second kappa shape index (κ2) is 6.28. The van der Waals surface area contributed by atoms with E-state index < -0.39 is 0 Å². The van der Waals surface area contributed by atoms with Gasteiger partial charge in [-0.3, -0.25) is 4.79 Å². The van der Waals surface area contributed by atoms with Gasteiger partial charge in [-0.05, 0) is 30.5 Å². The van der Waals surface area contributed by atoms with Gasteiger partial charge in [-0.2, -0.15) is 0 Å². The Morgan fingerprint density at radius 1 is 1.44 bits per heavy atom. The highest BCUT2D eigenvalue weighted by atomic mass is 16.5. The summed E-state index contributed by atoms with van der Waals surface area (Å²) >= 11 is 0. The molecular formula is C13H19NO2. The first-order valence-corrected chi connectivity index (χ1v) is 5.53. The summed E-state index contributed by atoms with van der Waals surface area (Å²) in [5.41, 5.74) is 2.38. The Labute approximate surface area is 96.8 Å². The number of Topliss-reactive ketones (excluding diaryl/α,β-unsaturated/α-hetero) is 1. The van der Waals surface area contributed by atoms with E-state index in [-0.39, 0.29) is 5.78 Å². The lowest BCUT2D eigenvalue weighted by Crippen LogP contribution is -2.20. The van der Waals surface area contributed by atoms with Gasteiger partial charge in [-0.15, -0.1) is 0 Å². The molecule has 0 fully saturated rings. The molecule has 0 aromatic heterocycles. The smallest absolute Gasteiger partial charge is 0.143 e. The van der Waals surface area contributed by atoms with Crippen molar-refractivity contribution < 1.29 is 9.53 Å². The van der Waals surface area contributed by atoms with Crippen molar-refractivity contribution in [2.75, 3.05) is 13.7 Å². The topological polar surface area (TPSA) is 38.3 Å². The predicted octanol–water partition coefficient (Wildman–Crippen LogP) is 1.94. The first-order chi connectivity index (χ1) is 7.67. The molecule has 0 heterocycles. The number of methoxy groups -OCH3 is 1. The van der Waals surface area contributed by atoms with Crippen molar-refractivity contribution in [3.8, 4) is 5.75 Å². The summed E-state index contributed by atoms with van der Waals surface area (Å²) in [6.45, 7) is 4.83. The summed E-state index contributed by atoms with van der Waals surface area (Å²) in [6.07, 6.45) is 0.948. The monoisotopic (exact) mass is 221 g/mol. The highest BCUT2D eigenvalue weighted by Gasteiger charge is 2.02. The Kier molecular flexibility index (Phi) is 4.99. The minimum Gasteiger partial charge on any atom is -0.496 e. The molecule has 88 valence electrons. The van der Waals surface area contributed by atoms with Crippen molar-refractivity contribution in [3.05, 3.63) is 29.3 Å². The van der Waals surface area contributed by atoms with Crippen LogP contribution in [0.1, 0.15) is 25.0 Å². The van der Waals surface area contributed by atoms with E-state index in [2.05, 4.69) is 18.3 Å². The third-order valence-electron chi connectivity index (χ3n) is 2.43. The highest BCUT2D eigenvalue weighted by molar-refractivity contribution is 5.77. The van der Waals surface area contributed by atoms with Crippen molar-refractivity contribution >= 4 is 5.78 Å². The molecule has 16 heavy (non-hydrogen) atoms. The number of ketones is 1. The quantitative estimate of drug-likeness (QED) is 0.797. The molecule has 0 amide bonds. The zero-order valence-electron chi connectivity index (χ0n) is 10.2. The minimum absolute atomic E-state index is 0.157. The van der Waals surface area contributed by atoms with Gasteiger partial charge in [-0.25, -0.2) is 0 Å². The Hall–Kier alpha value is -1.35. The van der Waals surface area contributed by atoms with E-state index >= 15 is 0 Å². The largest absolute Gasteiger partial charge is 0.496 e. The summed E-state index contributed by atoms with van der Waals surface area (Å²) in [6, 6.07) is 6.11. The average molecular weight is 221 g/mol. The van der Waals surface area contributed by atoms with Gasteiger partial charge in [0, 0.05) is 6.54 Å². The van der Waals surface area contributed by atoms with Crippen LogP contribution >= 0.6 is 0 Å². The molecule has 0 unspecified atom stereocenters. The number of benzene rings is 1. The number of nitrogens with one attached hydrogen (secondary N) is 1. The maximum absolute atomic E-state index is 10.8. The zero-order valence-corrected chi connectivity index (χ0v) is 10.2. The Bertz CT molecular complexity index is 361. The van der Waals surface area contributed by atoms with Crippen LogP contribution in [0.2, 0.25) is 0 Å². The SMILES string of the molecule is CCc1cc(CNCC(C)=O)ccc1OC. The number of carbonyl (C=O) groups excluding carboxylic acids is 1. The molecule has 1 rings (SSSR count). The van der Waals surface area contributed by atoms with E-state index in [1.165, 1.54) is 11.1 Å². The van der Waals surface area contributed by atoms with Crippen LogP contribution in [0.5, 0.6) is 5.75 Å². The van der Waals surface area contributed by atoms with Crippen LogP contribution in [0.15, 0.2) is 18.2 Å². The van der Waals surface area contributed by atoms with Gasteiger partial charge in [0.1, 0.15) is 11.5 Å². The molecule has 0 spiro atoms. The van der Waals surface area contributed by atoms with Gasteiger partial charge in [-0.1, -0.05) is 19.1 Å². The van der Waals surface area contributed by atoms with Gasteiger partial charge < -0.3 is 10.1 Å². The number of hydrogen-bond acceptors (Lipinski definition) is 3. The van der Waals surface area contributed by atoms with Crippen molar-refractivity contribution in [1.29, 1.82) is 0 Å². The standard InChI is InChI=1S/C13H19NO2/c1-4-12-7-11(5-6-13(12)16-3)9-14-8-10(2)15/h5-7,14H,4,8-9H2,1-3H3. The molecule has 1 aromatic rings. The van der Waals surface area contributed by atoms with E-state index in [4.69, 9.17) is 4.74 Å². The number of carbonyl (C=O) groups is 1. The molecule has 0 radical (unpaired) electrons. The average Bonchev–Trinajstić information content (AvgIpc) is 2.28. The van der Waals surface area contributed by atoms with Crippen LogP contribution in [-0.4, -0.2) is 19.4 Å². The highest BCUT2D eigenvalue weighted by Crippen LogP contribution is 2.20. The van der Waals surface area contributed by atoms with Crippen LogP contribution in [0.3, 0.4) is 0 Å². The third-order valence-corrected chi connectivity index (χ3v) is 2.43. The summed E-state index contributed by atoms with van der Waals surface area (Å²) in [7, 11) is 1.68. The van der Waals surface area contributed by atoms with Crippen LogP contribution < -0.4 is 10.1 Å². The zero-order chi connectivity index (χ0) is 12.0. The molecular weight excluding hydrogens is 202 g/mol. The number of rotatable bonds is 6. The van der Waals surface area contributed by atoms with E-state index in [1.54, 1.807) is 14.0 Å². The Balaban J connectivity index is 2.64. The lowest BCUT2D eigenvalue weighted by atomic mass is 10.1. The lowest BCUT2D eigenvalue weighted by Gasteiger charge is -2.09. The molecule has 0 atom stereocenters. The van der Waals surface area contributed by atoms with Gasteiger partial charge in [0.25, 0.3) is 0 Å². The van der Waals surface area contributed by atoms with Crippen LogP contribution in [0, 0.1) is 0 Å². The van der Waals surface area contributed by atoms with E-state index in [1.807, 2.05) is 12.1 Å². The van der Waals surface area contributed by atoms with Gasteiger partial charge in [0.15, 0.2) is 0 Å². The van der Waals surface area contributed by atoms with E-state index in [0.29, 0.717) is 6.54 Å². The molecule has 0 aliphatic rings. The normalized spacial score (nSPS) is 10.2. The fourth-order valence-electron chi connectivity index (χ4n) is 1.60. The number of hydrogen-bond donors (Lipinski definition) is 1. The van der Waals surface area contributed by atoms with Crippen molar-refractivity contribution in [2.45, 2.75) is 26.8 Å². The van der Waals surface area contributed by atoms with E-state index in [0.717, 1.165) is 18.7 Å². The molecule has 1 N–H and O–H groups in total. The molecule has 3 heteroatoms. The third kappa shape index (κ3) is 3.66. The van der Waals surface area contributed by atoms with Crippen LogP contribution in [0.4, 0.5) is 0 Å². The number of ether oxygens (including phenoxy) is 1. The van der Waals surface area contributed by atoms with Gasteiger partial charge in [0.2, 0.25) is 0 Å². The fraction of sp³-hybridized carbons (Fsp3) is 0.462. The molecule has 0 saturated carbocycles. The fourth-order valence-corrected chi connectivity index (χ4v) is 1.60. The first kappa shape index (κ1) is 12.7. The Morgan fingerprint density at radius 3 is 2.75 bits per heavy atom. The first-order valence-electron chi connectivity index (χ1n) is 5.53. The van der Waals surface area contributed by atoms with Crippen LogP contribution in [-0.2, 0) is 17.8 Å². The predicted molar refractivity (Wildman–Crippen MR) is 64.8 cm³/mol. The van der Waals surface area contributed by atoms with Gasteiger partial charge >= 0.3 is 0 Å². The number of aryl methyl sites for hydroxylation is 1. The second-order valence-electron chi connectivity index (χ2n) is 3.81. The maximum atomic E-state index is 10.8. The Morgan fingerprint density at radius 2 is 2.19 bits per heavy atom. The molecule has 0 saturated heterocycles. The summed E-state index contributed by atoms with van der Waals surface area (Å²) in [4.78, 5) is 10.8. The van der Waals surface area contributed by atoms with Crippen molar-refractivity contribution in [1.82, 2.24) is 5.32 Å².